The predicted molar refractivity (Wildman–Crippen MR) is 69.1 cm³/mol. The van der Waals surface area contributed by atoms with Crippen molar-refractivity contribution in [2.75, 3.05) is 6.54 Å². The summed E-state index contributed by atoms with van der Waals surface area (Å²) in [6.07, 6.45) is 4.57. The van der Waals surface area contributed by atoms with E-state index in [2.05, 4.69) is 4.98 Å². The molecule has 98 valence electrons. The van der Waals surface area contributed by atoms with Gasteiger partial charge in [-0.2, -0.15) is 0 Å². The highest BCUT2D eigenvalue weighted by Crippen LogP contribution is 2.27. The number of hydrogen-bond acceptors (Lipinski definition) is 2. The molecule has 0 bridgehead atoms. The number of aryl methyl sites for hydroxylation is 1. The molecule has 1 N–H and O–H groups in total. The minimum Gasteiger partial charge on any atom is -0.365 e. The number of hydrogen-bond donors (Lipinski definition) is 1. The third-order valence-corrected chi connectivity index (χ3v) is 3.50. The summed E-state index contributed by atoms with van der Waals surface area (Å²) in [7, 11) is 0. The van der Waals surface area contributed by atoms with Gasteiger partial charge in [0.2, 0.25) is 5.91 Å². The summed E-state index contributed by atoms with van der Waals surface area (Å²) >= 11 is 0. The van der Waals surface area contributed by atoms with Crippen LogP contribution < -0.4 is 0 Å². The molecule has 0 atom stereocenters. The van der Waals surface area contributed by atoms with Crippen LogP contribution in [0.3, 0.4) is 0 Å². The fourth-order valence-electron chi connectivity index (χ4n) is 2.54. The molecule has 2 heterocycles. The fraction of sp³-hybridized carbons (Fsp3) is 0.571. The van der Waals surface area contributed by atoms with Gasteiger partial charge in [-0.3, -0.25) is 9.59 Å². The van der Waals surface area contributed by atoms with Gasteiger partial charge >= 0.3 is 0 Å². The van der Waals surface area contributed by atoms with Crippen molar-refractivity contribution in [1.29, 1.82) is 0 Å². The number of aromatic nitrogens is 1. The molecule has 0 saturated carbocycles. The zero-order valence-electron chi connectivity index (χ0n) is 11.0. The molecule has 18 heavy (non-hydrogen) atoms. The Hall–Kier alpha value is -1.58. The van der Waals surface area contributed by atoms with E-state index in [1.54, 1.807) is 4.90 Å². The first kappa shape index (κ1) is 12.9. The molecule has 4 nitrogen and oxygen atoms in total. The van der Waals surface area contributed by atoms with E-state index in [0.717, 1.165) is 18.5 Å². The zero-order chi connectivity index (χ0) is 13.2. The normalized spacial score (nSPS) is 18.3. The lowest BCUT2D eigenvalue weighted by atomic mass is 10.0. The molecule has 0 radical (unpaired) electrons. The van der Waals surface area contributed by atoms with Crippen molar-refractivity contribution in [2.45, 2.75) is 45.1 Å². The smallest absolute Gasteiger partial charge is 0.223 e. The number of likely N-dealkylation sites (tertiary alicyclic amines) is 1. The summed E-state index contributed by atoms with van der Waals surface area (Å²) in [4.78, 5) is 28.4. The molecule has 1 saturated heterocycles. The molecule has 1 aliphatic heterocycles. The van der Waals surface area contributed by atoms with Crippen LogP contribution in [0, 0.1) is 0 Å². The minimum atomic E-state index is -0.305. The maximum absolute atomic E-state index is 12.1. The lowest BCUT2D eigenvalue weighted by Crippen LogP contribution is -2.42. The Labute approximate surface area is 107 Å². The Morgan fingerprint density at radius 2 is 2.28 bits per heavy atom. The SMILES string of the molecule is CC1(C)CC(=O)CN1C(=O)CCCc1ccc[nH]1. The lowest BCUT2D eigenvalue weighted by Gasteiger charge is -2.30. The first-order chi connectivity index (χ1) is 8.49. The second-order valence-electron chi connectivity index (χ2n) is 5.56. The van der Waals surface area contributed by atoms with E-state index in [0.29, 0.717) is 12.8 Å². The summed E-state index contributed by atoms with van der Waals surface area (Å²) < 4.78 is 0. The third kappa shape index (κ3) is 2.81. The van der Waals surface area contributed by atoms with Crippen molar-refractivity contribution in [3.8, 4) is 0 Å². The number of ketones is 1. The standard InChI is InChI=1S/C14H20N2O2/c1-14(2)9-12(17)10-16(14)13(18)7-3-5-11-6-4-8-15-11/h4,6,8,15H,3,5,7,9-10H2,1-2H3. The lowest BCUT2D eigenvalue weighted by molar-refractivity contribution is -0.135. The first-order valence-corrected chi connectivity index (χ1v) is 6.43. The van der Waals surface area contributed by atoms with Gasteiger partial charge in [0.1, 0.15) is 0 Å². The van der Waals surface area contributed by atoms with Crippen molar-refractivity contribution in [2.24, 2.45) is 0 Å². The maximum Gasteiger partial charge on any atom is 0.223 e. The monoisotopic (exact) mass is 248 g/mol. The fourth-order valence-corrected chi connectivity index (χ4v) is 2.54. The van der Waals surface area contributed by atoms with Crippen molar-refractivity contribution >= 4 is 11.7 Å². The van der Waals surface area contributed by atoms with Crippen LogP contribution in [0.5, 0.6) is 0 Å². The van der Waals surface area contributed by atoms with Gasteiger partial charge < -0.3 is 9.88 Å². The van der Waals surface area contributed by atoms with Crippen LogP contribution in [0.25, 0.3) is 0 Å². The molecule has 1 aliphatic rings. The van der Waals surface area contributed by atoms with Gasteiger partial charge in [0.15, 0.2) is 5.78 Å². The molecule has 4 heteroatoms. The Morgan fingerprint density at radius 1 is 1.50 bits per heavy atom. The number of Topliss-reactive ketones (excluding diaryl/α,β-unsaturated/α-hetero) is 1. The number of carbonyl (C=O) groups excluding carboxylic acids is 2. The minimum absolute atomic E-state index is 0.0948. The van der Waals surface area contributed by atoms with Gasteiger partial charge in [0.25, 0.3) is 0 Å². The van der Waals surface area contributed by atoms with Crippen molar-refractivity contribution < 1.29 is 9.59 Å². The van der Waals surface area contributed by atoms with E-state index in [9.17, 15) is 9.59 Å². The quantitative estimate of drug-likeness (QED) is 0.885. The molecule has 0 spiro atoms. The largest absolute Gasteiger partial charge is 0.365 e. The van der Waals surface area contributed by atoms with Crippen LogP contribution in [0.15, 0.2) is 18.3 Å². The number of nitrogens with zero attached hydrogens (tertiary/aromatic N) is 1. The van der Waals surface area contributed by atoms with Crippen LogP contribution in [0.2, 0.25) is 0 Å². The van der Waals surface area contributed by atoms with Crippen LogP contribution in [-0.4, -0.2) is 33.7 Å². The summed E-state index contributed by atoms with van der Waals surface area (Å²) in [6, 6.07) is 3.98. The molecule has 0 aromatic carbocycles. The number of aromatic amines is 1. The molecule has 1 fully saturated rings. The molecule has 2 rings (SSSR count). The van der Waals surface area contributed by atoms with E-state index >= 15 is 0 Å². The highest BCUT2D eigenvalue weighted by Gasteiger charge is 2.39. The van der Waals surface area contributed by atoms with Crippen LogP contribution in [0.1, 0.15) is 38.8 Å². The average molecular weight is 248 g/mol. The summed E-state index contributed by atoms with van der Waals surface area (Å²) in [5.74, 6) is 0.259. The molecule has 1 amide bonds. The topological polar surface area (TPSA) is 53.2 Å². The first-order valence-electron chi connectivity index (χ1n) is 6.43. The van der Waals surface area contributed by atoms with Crippen molar-refractivity contribution in [1.82, 2.24) is 9.88 Å². The highest BCUT2D eigenvalue weighted by atomic mass is 16.2. The Kier molecular flexibility index (Phi) is 3.55. The Bertz CT molecular complexity index is 435. The molecule has 1 aromatic rings. The van der Waals surface area contributed by atoms with E-state index in [1.165, 1.54) is 0 Å². The molecule has 0 unspecified atom stereocenters. The zero-order valence-corrected chi connectivity index (χ0v) is 11.0. The third-order valence-electron chi connectivity index (χ3n) is 3.50. The summed E-state index contributed by atoms with van der Waals surface area (Å²) in [6.45, 7) is 4.20. The van der Waals surface area contributed by atoms with E-state index < -0.39 is 0 Å². The van der Waals surface area contributed by atoms with Gasteiger partial charge in [-0.15, -0.1) is 0 Å². The number of amides is 1. The van der Waals surface area contributed by atoms with E-state index in [1.807, 2.05) is 32.2 Å². The molecular formula is C14H20N2O2. The van der Waals surface area contributed by atoms with Gasteiger partial charge in [-0.1, -0.05) is 0 Å². The van der Waals surface area contributed by atoms with E-state index in [-0.39, 0.29) is 23.8 Å². The summed E-state index contributed by atoms with van der Waals surface area (Å²) in [5, 5.41) is 0. The van der Waals surface area contributed by atoms with Gasteiger partial charge in [0.05, 0.1) is 6.54 Å². The number of carbonyl (C=O) groups is 2. The number of nitrogens with one attached hydrogen (secondary N) is 1. The van der Waals surface area contributed by atoms with Crippen LogP contribution >= 0.6 is 0 Å². The second kappa shape index (κ2) is 4.96. The maximum atomic E-state index is 12.1. The van der Waals surface area contributed by atoms with Crippen molar-refractivity contribution in [3.05, 3.63) is 24.0 Å². The molecule has 1 aromatic heterocycles. The number of rotatable bonds is 4. The van der Waals surface area contributed by atoms with Crippen molar-refractivity contribution in [3.63, 3.8) is 0 Å². The summed E-state index contributed by atoms with van der Waals surface area (Å²) in [5.41, 5.74) is 0.847. The van der Waals surface area contributed by atoms with Crippen LogP contribution in [0.4, 0.5) is 0 Å². The average Bonchev–Trinajstić information content (AvgIpc) is 2.85. The second-order valence-corrected chi connectivity index (χ2v) is 5.56. The van der Waals surface area contributed by atoms with Gasteiger partial charge in [-0.05, 0) is 38.8 Å². The Balaban J connectivity index is 1.83. The van der Waals surface area contributed by atoms with Gasteiger partial charge in [-0.25, -0.2) is 0 Å². The van der Waals surface area contributed by atoms with Gasteiger partial charge in [0, 0.05) is 30.3 Å². The highest BCUT2D eigenvalue weighted by molar-refractivity contribution is 5.91. The predicted octanol–water partition coefficient (Wildman–Crippen LogP) is 1.92. The van der Waals surface area contributed by atoms with E-state index in [4.69, 9.17) is 0 Å². The Morgan fingerprint density at radius 3 is 2.83 bits per heavy atom. The van der Waals surface area contributed by atoms with Crippen LogP contribution in [-0.2, 0) is 16.0 Å². The molecule has 0 aliphatic carbocycles. The molecular weight excluding hydrogens is 228 g/mol. The number of H-pyrrole nitrogens is 1.